The quantitative estimate of drug-likeness (QED) is 0.148. The summed E-state index contributed by atoms with van der Waals surface area (Å²) in [5.41, 5.74) is 11.8. The van der Waals surface area contributed by atoms with Crippen molar-refractivity contribution < 1.29 is 47.8 Å². The number of hydrogen-bond acceptors (Lipinski definition) is 15. The average Bonchev–Trinajstić information content (AvgIpc) is 4.02. The van der Waals surface area contributed by atoms with Gasteiger partial charge in [0.2, 0.25) is 0 Å². The molecule has 16 heteroatoms. The van der Waals surface area contributed by atoms with Crippen LogP contribution in [-0.4, -0.2) is 70.5 Å². The second-order valence-electron chi connectivity index (χ2n) is 14.1. The van der Waals surface area contributed by atoms with Gasteiger partial charge in [0.15, 0.2) is 46.0 Å². The lowest BCUT2D eigenvalue weighted by molar-refractivity contribution is -0.132. The monoisotopic (exact) mass is 868 g/mol. The van der Waals surface area contributed by atoms with Gasteiger partial charge in [-0.05, 0) is 60.7 Å². The van der Waals surface area contributed by atoms with E-state index in [1.165, 1.54) is 51.3 Å². The largest absolute Gasteiger partial charge is 0.485 e. The molecule has 302 valence electrons. The van der Waals surface area contributed by atoms with Crippen LogP contribution in [0.5, 0.6) is 46.0 Å². The summed E-state index contributed by atoms with van der Waals surface area (Å²) in [6.07, 6.45) is 3.30. The molecule has 0 aliphatic carbocycles. The molecular formula is C43H36N2O10S4. The van der Waals surface area contributed by atoms with Crippen LogP contribution in [0.1, 0.15) is 22.9 Å². The van der Waals surface area contributed by atoms with Crippen LogP contribution in [-0.2, 0) is 17.6 Å². The third-order valence-corrected chi connectivity index (χ3v) is 15.8. The van der Waals surface area contributed by atoms with Crippen molar-refractivity contribution in [3.05, 3.63) is 64.2 Å². The van der Waals surface area contributed by atoms with Gasteiger partial charge in [0.05, 0.1) is 39.0 Å². The van der Waals surface area contributed by atoms with E-state index in [4.69, 9.17) is 43.6 Å². The fourth-order valence-electron chi connectivity index (χ4n) is 8.13. The molecule has 12 nitrogen and oxygen atoms in total. The molecule has 0 radical (unpaired) electrons. The lowest BCUT2D eigenvalue weighted by Crippen LogP contribution is -2.17. The molecule has 59 heavy (non-hydrogen) atoms. The van der Waals surface area contributed by atoms with E-state index >= 15 is 0 Å². The minimum Gasteiger partial charge on any atom is -0.485 e. The van der Waals surface area contributed by atoms with Crippen molar-refractivity contribution in [2.75, 3.05) is 64.3 Å². The lowest BCUT2D eigenvalue weighted by atomic mass is 10.0. The standard InChI is InChI=1S/C43H36N2O10S4/c1-2-45-25-6-4-3-5-21(25)7-8-22-19-23(9-10-26(22)45)36-30-31(51-14-13-50-30)39(57-36)40-34-35(55-18-17-54-34)42(59-40)41-33-32(52-15-16-53-33)38(58-41)37-29-28(48-11-12-49-29)27(56-37)20-24(44)43(46)47/h3-6,9-10,19-20H,2,7-8,11-18,44H2,1H3,(H,46,47)/b24-20-. The summed E-state index contributed by atoms with van der Waals surface area (Å²) in [4.78, 5) is 20.6. The predicted octanol–water partition coefficient (Wildman–Crippen LogP) is 9.33. The Labute approximate surface area is 354 Å². The Kier molecular flexibility index (Phi) is 9.05. The van der Waals surface area contributed by atoms with Crippen LogP contribution >= 0.6 is 45.3 Å². The van der Waals surface area contributed by atoms with Gasteiger partial charge >= 0.3 is 5.97 Å². The zero-order valence-corrected chi connectivity index (χ0v) is 34.9. The van der Waals surface area contributed by atoms with E-state index in [1.54, 1.807) is 22.7 Å². The van der Waals surface area contributed by atoms with Gasteiger partial charge in [-0.3, -0.25) is 0 Å². The second kappa shape index (κ2) is 14.6. The zero-order valence-electron chi connectivity index (χ0n) is 31.7. The summed E-state index contributed by atoms with van der Waals surface area (Å²) in [7, 11) is 0. The maximum absolute atomic E-state index is 11.7. The molecule has 0 bridgehead atoms. The number of benzene rings is 2. The Morgan fingerprint density at radius 3 is 1.54 bits per heavy atom. The molecule has 3 N–H and O–H groups in total. The minimum absolute atomic E-state index is 0.303. The first-order valence-electron chi connectivity index (χ1n) is 19.4. The second-order valence-corrected chi connectivity index (χ2v) is 18.2. The first kappa shape index (κ1) is 36.5. The van der Waals surface area contributed by atoms with Gasteiger partial charge in [-0.15, -0.1) is 45.3 Å². The number of ether oxygens (including phenoxy) is 8. The van der Waals surface area contributed by atoms with Gasteiger partial charge in [0.1, 0.15) is 58.6 Å². The first-order valence-corrected chi connectivity index (χ1v) is 22.6. The highest BCUT2D eigenvalue weighted by Crippen LogP contribution is 2.66. The van der Waals surface area contributed by atoms with Gasteiger partial charge in [-0.1, -0.05) is 24.3 Å². The Balaban J connectivity index is 1.03. The van der Waals surface area contributed by atoms with Crippen LogP contribution < -0.4 is 48.5 Å². The highest BCUT2D eigenvalue weighted by atomic mass is 32.1. The van der Waals surface area contributed by atoms with E-state index in [0.29, 0.717) is 98.0 Å². The highest BCUT2D eigenvalue weighted by Gasteiger charge is 2.38. The third kappa shape index (κ3) is 5.98. The minimum atomic E-state index is -1.22. The van der Waals surface area contributed by atoms with Crippen LogP contribution in [0.2, 0.25) is 0 Å². The molecule has 0 fully saturated rings. The number of carboxylic acid groups (broad SMARTS) is 1. The molecule has 5 aliphatic heterocycles. The van der Waals surface area contributed by atoms with Crippen molar-refractivity contribution in [3.8, 4) is 85.7 Å². The highest BCUT2D eigenvalue weighted by molar-refractivity contribution is 7.30. The summed E-state index contributed by atoms with van der Waals surface area (Å²) in [6.45, 7) is 6.15. The summed E-state index contributed by atoms with van der Waals surface area (Å²) >= 11 is 6.03. The molecule has 5 aliphatic rings. The summed E-state index contributed by atoms with van der Waals surface area (Å²) in [5, 5.41) is 9.53. The van der Waals surface area contributed by atoms with Gasteiger partial charge < -0.3 is 53.6 Å². The normalized spacial score (nSPS) is 16.3. The van der Waals surface area contributed by atoms with Crippen LogP contribution in [0, 0.1) is 0 Å². The number of hydrogen-bond donors (Lipinski definition) is 2. The Bertz CT molecular complexity index is 2710. The summed E-state index contributed by atoms with van der Waals surface area (Å²) in [6, 6.07) is 15.5. The third-order valence-electron chi connectivity index (χ3n) is 10.7. The van der Waals surface area contributed by atoms with Gasteiger partial charge in [0, 0.05) is 17.9 Å². The van der Waals surface area contributed by atoms with Crippen LogP contribution in [0.25, 0.3) is 45.8 Å². The number of carboxylic acids is 1. The number of fused-ring (bicyclic) bond motifs is 6. The van der Waals surface area contributed by atoms with Crippen LogP contribution in [0.4, 0.5) is 11.4 Å². The van der Waals surface area contributed by atoms with E-state index in [1.807, 2.05) is 0 Å². The molecule has 0 atom stereocenters. The lowest BCUT2D eigenvalue weighted by Gasteiger charge is -2.25. The zero-order chi connectivity index (χ0) is 39.8. The molecule has 4 aromatic heterocycles. The number of anilines is 2. The van der Waals surface area contributed by atoms with Crippen molar-refractivity contribution in [1.29, 1.82) is 0 Å². The molecule has 0 unspecified atom stereocenters. The maximum atomic E-state index is 11.7. The molecule has 6 aromatic rings. The van der Waals surface area contributed by atoms with Crippen molar-refractivity contribution in [2.45, 2.75) is 19.8 Å². The molecule has 2 aromatic carbocycles. The van der Waals surface area contributed by atoms with E-state index in [9.17, 15) is 9.90 Å². The summed E-state index contributed by atoms with van der Waals surface area (Å²) < 4.78 is 50.6. The Hall–Kier alpha value is -5.55. The molecule has 11 rings (SSSR count). The number of aliphatic carboxylic acids is 1. The van der Waals surface area contributed by atoms with Crippen molar-refractivity contribution >= 4 is 68.8 Å². The van der Waals surface area contributed by atoms with E-state index < -0.39 is 5.97 Å². The van der Waals surface area contributed by atoms with Crippen molar-refractivity contribution in [2.24, 2.45) is 5.73 Å². The fraction of sp³-hybridized carbons (Fsp3) is 0.279. The van der Waals surface area contributed by atoms with Gasteiger partial charge in [-0.25, -0.2) is 4.79 Å². The van der Waals surface area contributed by atoms with Gasteiger partial charge in [0.25, 0.3) is 0 Å². The van der Waals surface area contributed by atoms with Crippen LogP contribution in [0.3, 0.4) is 0 Å². The van der Waals surface area contributed by atoms with Crippen LogP contribution in [0.15, 0.2) is 48.2 Å². The van der Waals surface area contributed by atoms with E-state index in [0.717, 1.165) is 64.8 Å². The number of carbonyl (C=O) groups is 1. The Morgan fingerprint density at radius 1 is 0.593 bits per heavy atom. The molecule has 0 saturated heterocycles. The molecule has 0 spiro atoms. The maximum Gasteiger partial charge on any atom is 0.351 e. The summed E-state index contributed by atoms with van der Waals surface area (Å²) in [5.74, 6) is 3.67. The fourth-order valence-corrected chi connectivity index (χ4v) is 13.2. The van der Waals surface area contributed by atoms with E-state index in [-0.39, 0.29) is 5.70 Å². The Morgan fingerprint density at radius 2 is 1.02 bits per heavy atom. The van der Waals surface area contributed by atoms with Gasteiger partial charge in [-0.2, -0.15) is 0 Å². The number of rotatable bonds is 7. The molecular weight excluding hydrogens is 833 g/mol. The van der Waals surface area contributed by atoms with Crippen molar-refractivity contribution in [1.82, 2.24) is 0 Å². The molecule has 0 saturated carbocycles. The number of para-hydroxylation sites is 1. The number of nitrogens with two attached hydrogens (primary N) is 1. The van der Waals surface area contributed by atoms with E-state index in [2.05, 4.69) is 54.3 Å². The smallest absolute Gasteiger partial charge is 0.351 e. The van der Waals surface area contributed by atoms with Crippen molar-refractivity contribution in [3.63, 3.8) is 0 Å². The predicted molar refractivity (Wildman–Crippen MR) is 230 cm³/mol. The molecule has 0 amide bonds. The first-order chi connectivity index (χ1) is 29.0. The topological polar surface area (TPSA) is 140 Å². The SMILES string of the molecule is CCN1c2ccccc2CCc2cc(-c3sc(-c4sc(-c5sc(-c6sc(/C=C(\N)C(=O)O)c7c6OCCO7)c6c5OCCO6)c5c4OCCO5)c4c3OCCO4)ccc21. The average molecular weight is 869 g/mol. The molecule has 9 heterocycles. The number of nitrogens with zero attached hydrogens (tertiary/aromatic N) is 1. The number of aryl methyl sites for hydroxylation is 2. The number of thiophene rings is 4.